The predicted octanol–water partition coefficient (Wildman–Crippen LogP) is 7.83. The molecule has 6 rings (SSSR count). The van der Waals surface area contributed by atoms with Crippen LogP contribution in [0.2, 0.25) is 5.02 Å². The molecule has 0 spiro atoms. The van der Waals surface area contributed by atoms with E-state index < -0.39 is 17.3 Å². The number of carbonyl (C=O) groups excluding carboxylic acids is 1. The van der Waals surface area contributed by atoms with Crippen molar-refractivity contribution in [1.82, 2.24) is 10.1 Å². The number of anilines is 4. The molecule has 0 saturated carbocycles. The fourth-order valence-electron chi connectivity index (χ4n) is 5.06. The lowest BCUT2D eigenvalue weighted by Gasteiger charge is -2.25. The molecule has 11 heteroatoms. The molecule has 198 valence electrons. The zero-order valence-corrected chi connectivity index (χ0v) is 22.7. The molecular formula is C28H23ClFN5O3S. The number of fused-ring (bicyclic) bond motifs is 2. The van der Waals surface area contributed by atoms with E-state index in [4.69, 9.17) is 16.1 Å². The van der Waals surface area contributed by atoms with Crippen LogP contribution < -0.4 is 15.5 Å². The number of urea groups is 1. The van der Waals surface area contributed by atoms with Gasteiger partial charge in [-0.25, -0.2) is 14.2 Å². The van der Waals surface area contributed by atoms with Crippen LogP contribution in [-0.2, 0) is 5.41 Å². The molecule has 8 nitrogen and oxygen atoms in total. The summed E-state index contributed by atoms with van der Waals surface area (Å²) in [6.07, 6.45) is 0. The van der Waals surface area contributed by atoms with Crippen molar-refractivity contribution in [2.75, 3.05) is 22.1 Å². The minimum absolute atomic E-state index is 0.208. The summed E-state index contributed by atoms with van der Waals surface area (Å²) in [6.45, 7) is 6.12. The largest absolute Gasteiger partial charge is 0.506 e. The number of hydrogen-bond donors (Lipinski definition) is 3. The fraction of sp³-hybridized carbons (Fsp3) is 0.179. The standard InChI is InChI=1S/C28H23ClFN5O3S/c1-14-10-21(38-34-14)23-16(30)12-20(36)25-24(23)28(2,3)13-35(25)19-7-5-4-6-17(19)31-26(37)33-27-32-18-9-8-15(29)11-22(18)39-27/h4-12,36H,13H2,1-3H3,(H2,31,32,33,37). The predicted molar refractivity (Wildman–Crippen MR) is 152 cm³/mol. The number of aromatic nitrogens is 2. The number of halogens is 2. The van der Waals surface area contributed by atoms with Crippen molar-refractivity contribution < 1.29 is 18.8 Å². The summed E-state index contributed by atoms with van der Waals surface area (Å²) < 4.78 is 21.6. The molecule has 5 aromatic rings. The summed E-state index contributed by atoms with van der Waals surface area (Å²) in [7, 11) is 0. The molecule has 2 amide bonds. The van der Waals surface area contributed by atoms with E-state index in [0.29, 0.717) is 50.8 Å². The number of aryl methyl sites for hydroxylation is 1. The second-order valence-corrected chi connectivity index (χ2v) is 11.5. The van der Waals surface area contributed by atoms with Crippen LogP contribution in [0.1, 0.15) is 25.1 Å². The lowest BCUT2D eigenvalue weighted by atomic mass is 9.82. The number of benzene rings is 3. The zero-order chi connectivity index (χ0) is 27.5. The van der Waals surface area contributed by atoms with Crippen LogP contribution in [0, 0.1) is 12.7 Å². The van der Waals surface area contributed by atoms with Gasteiger partial charge in [-0.15, -0.1) is 0 Å². The van der Waals surface area contributed by atoms with E-state index in [1.807, 2.05) is 30.9 Å². The Labute approximate surface area is 232 Å². The van der Waals surface area contributed by atoms with E-state index in [1.165, 1.54) is 11.3 Å². The molecule has 0 atom stereocenters. The summed E-state index contributed by atoms with van der Waals surface area (Å²) in [5.41, 5.74) is 3.22. The Bertz CT molecular complexity index is 1770. The van der Waals surface area contributed by atoms with Crippen molar-refractivity contribution in [2.24, 2.45) is 0 Å². The van der Waals surface area contributed by atoms with Gasteiger partial charge in [0.1, 0.15) is 11.6 Å². The van der Waals surface area contributed by atoms with Gasteiger partial charge in [-0.2, -0.15) is 0 Å². The highest BCUT2D eigenvalue weighted by Crippen LogP contribution is 2.54. The molecule has 0 bridgehead atoms. The number of thiazole rings is 1. The summed E-state index contributed by atoms with van der Waals surface area (Å²) in [5, 5.41) is 21.6. The molecule has 0 saturated heterocycles. The Hall–Kier alpha value is -4.15. The lowest BCUT2D eigenvalue weighted by Crippen LogP contribution is -2.27. The number of amides is 2. The molecule has 1 aliphatic rings. The second kappa shape index (κ2) is 9.25. The van der Waals surface area contributed by atoms with Gasteiger partial charge in [0.25, 0.3) is 0 Å². The summed E-state index contributed by atoms with van der Waals surface area (Å²) >= 11 is 7.38. The van der Waals surface area contributed by atoms with E-state index in [2.05, 4.69) is 20.8 Å². The highest BCUT2D eigenvalue weighted by Gasteiger charge is 2.42. The van der Waals surface area contributed by atoms with Gasteiger partial charge in [-0.1, -0.05) is 54.1 Å². The molecule has 0 radical (unpaired) electrons. The minimum Gasteiger partial charge on any atom is -0.506 e. The summed E-state index contributed by atoms with van der Waals surface area (Å²) in [4.78, 5) is 19.3. The first-order chi connectivity index (χ1) is 18.6. The van der Waals surface area contributed by atoms with Gasteiger partial charge in [-0.3, -0.25) is 5.32 Å². The number of phenolic OH excluding ortho intramolecular Hbond substituents is 1. The van der Waals surface area contributed by atoms with Gasteiger partial charge in [0.05, 0.1) is 38.5 Å². The highest BCUT2D eigenvalue weighted by molar-refractivity contribution is 7.22. The second-order valence-electron chi connectivity index (χ2n) is 10.0. The third-order valence-electron chi connectivity index (χ3n) is 6.62. The average molecular weight is 564 g/mol. The monoisotopic (exact) mass is 563 g/mol. The number of phenols is 1. The van der Waals surface area contributed by atoms with Gasteiger partial charge >= 0.3 is 6.03 Å². The van der Waals surface area contributed by atoms with E-state index in [-0.39, 0.29) is 11.3 Å². The number of para-hydroxylation sites is 2. The minimum atomic E-state index is -0.597. The van der Waals surface area contributed by atoms with Gasteiger partial charge in [0.2, 0.25) is 0 Å². The summed E-state index contributed by atoms with van der Waals surface area (Å²) in [5.74, 6) is -0.514. The van der Waals surface area contributed by atoms with Crippen molar-refractivity contribution in [3.05, 3.63) is 76.7 Å². The van der Waals surface area contributed by atoms with Crippen molar-refractivity contribution in [3.8, 4) is 17.1 Å². The van der Waals surface area contributed by atoms with Crippen molar-refractivity contribution >= 4 is 61.4 Å². The SMILES string of the molecule is Cc1cc(-c2c(F)cc(O)c3c2C(C)(C)CN3c2ccccc2NC(=O)Nc2nc3ccc(Cl)cc3s2)on1. The van der Waals surface area contributed by atoms with E-state index in [9.17, 15) is 9.90 Å². The van der Waals surface area contributed by atoms with Crippen LogP contribution in [0.15, 0.2) is 59.1 Å². The average Bonchev–Trinajstić information content (AvgIpc) is 3.54. The molecule has 39 heavy (non-hydrogen) atoms. The fourth-order valence-corrected chi connectivity index (χ4v) is 6.19. The number of nitrogens with one attached hydrogen (secondary N) is 2. The topological polar surface area (TPSA) is 104 Å². The third-order valence-corrected chi connectivity index (χ3v) is 7.79. The van der Waals surface area contributed by atoms with E-state index >= 15 is 4.39 Å². The molecule has 3 aromatic carbocycles. The quantitative estimate of drug-likeness (QED) is 0.206. The Balaban J connectivity index is 1.36. The first-order valence-electron chi connectivity index (χ1n) is 12.1. The van der Waals surface area contributed by atoms with Gasteiger partial charge in [0.15, 0.2) is 10.9 Å². The highest BCUT2D eigenvalue weighted by atomic mass is 35.5. The first-order valence-corrected chi connectivity index (χ1v) is 13.3. The van der Waals surface area contributed by atoms with Gasteiger partial charge < -0.3 is 19.8 Å². The van der Waals surface area contributed by atoms with Crippen LogP contribution in [-0.4, -0.2) is 27.8 Å². The van der Waals surface area contributed by atoms with E-state index in [0.717, 1.165) is 16.3 Å². The number of nitrogens with zero attached hydrogens (tertiary/aromatic N) is 3. The molecule has 3 heterocycles. The lowest BCUT2D eigenvalue weighted by molar-refractivity contribution is 0.262. The molecule has 3 N–H and O–H groups in total. The molecule has 0 unspecified atom stereocenters. The van der Waals surface area contributed by atoms with Crippen LogP contribution in [0.3, 0.4) is 0 Å². The van der Waals surface area contributed by atoms with Crippen LogP contribution >= 0.6 is 22.9 Å². The Morgan fingerprint density at radius 1 is 1.18 bits per heavy atom. The molecule has 2 aromatic heterocycles. The van der Waals surface area contributed by atoms with Crippen molar-refractivity contribution in [3.63, 3.8) is 0 Å². The zero-order valence-electron chi connectivity index (χ0n) is 21.2. The Morgan fingerprint density at radius 3 is 2.74 bits per heavy atom. The Morgan fingerprint density at radius 2 is 1.97 bits per heavy atom. The maximum Gasteiger partial charge on any atom is 0.325 e. The van der Waals surface area contributed by atoms with Gasteiger partial charge in [0, 0.05) is 34.7 Å². The first kappa shape index (κ1) is 25.1. The number of carbonyl (C=O) groups is 1. The van der Waals surface area contributed by atoms with Crippen LogP contribution in [0.4, 0.5) is 31.4 Å². The van der Waals surface area contributed by atoms with Crippen molar-refractivity contribution in [1.29, 1.82) is 0 Å². The van der Waals surface area contributed by atoms with Crippen molar-refractivity contribution in [2.45, 2.75) is 26.2 Å². The molecule has 0 fully saturated rings. The molecule has 0 aliphatic carbocycles. The normalized spacial score (nSPS) is 14.0. The number of rotatable bonds is 4. The molecule has 1 aliphatic heterocycles. The summed E-state index contributed by atoms with van der Waals surface area (Å²) in [6, 6.07) is 14.8. The molecular weight excluding hydrogens is 541 g/mol. The van der Waals surface area contributed by atoms with Crippen LogP contribution in [0.5, 0.6) is 5.75 Å². The maximum atomic E-state index is 15.3. The smallest absolute Gasteiger partial charge is 0.325 e. The van der Waals surface area contributed by atoms with E-state index in [1.54, 1.807) is 43.3 Å². The third kappa shape index (κ3) is 4.45. The Kier molecular flexibility index (Phi) is 5.96. The van der Waals surface area contributed by atoms with Gasteiger partial charge in [-0.05, 0) is 37.3 Å². The van der Waals surface area contributed by atoms with Crippen LogP contribution in [0.25, 0.3) is 21.5 Å². The number of aromatic hydroxyl groups is 1. The number of hydrogen-bond acceptors (Lipinski definition) is 7. The maximum absolute atomic E-state index is 15.3.